The van der Waals surface area contributed by atoms with Crippen LogP contribution in [0.1, 0.15) is 24.2 Å². The summed E-state index contributed by atoms with van der Waals surface area (Å²) in [4.78, 5) is 13.5. The Hall–Kier alpha value is -1.40. The Bertz CT molecular complexity index is 424. The molecule has 0 radical (unpaired) electrons. The molecule has 1 aromatic heterocycles. The summed E-state index contributed by atoms with van der Waals surface area (Å²) in [5.41, 5.74) is 1.66. The van der Waals surface area contributed by atoms with Crippen molar-refractivity contribution in [2.75, 3.05) is 26.3 Å². The molecule has 2 heterocycles. The summed E-state index contributed by atoms with van der Waals surface area (Å²) in [6.07, 6.45) is 2.55. The fourth-order valence-electron chi connectivity index (χ4n) is 2.38. The van der Waals surface area contributed by atoms with Gasteiger partial charge in [-0.05, 0) is 6.42 Å². The molecule has 1 saturated heterocycles. The molecule has 0 amide bonds. The minimum Gasteiger partial charge on any atom is -0.480 e. The Morgan fingerprint density at radius 1 is 1.56 bits per heavy atom. The molecule has 6 heteroatoms. The molecule has 18 heavy (non-hydrogen) atoms. The Kier molecular flexibility index (Phi) is 3.98. The first-order chi connectivity index (χ1) is 8.63. The Morgan fingerprint density at radius 3 is 2.78 bits per heavy atom. The van der Waals surface area contributed by atoms with Gasteiger partial charge in [-0.15, -0.1) is 0 Å². The molecule has 0 saturated carbocycles. The minimum atomic E-state index is -0.820. The van der Waals surface area contributed by atoms with Gasteiger partial charge >= 0.3 is 5.97 Å². The first-order valence-corrected chi connectivity index (χ1v) is 6.20. The van der Waals surface area contributed by atoms with Gasteiger partial charge in [0.05, 0.1) is 18.9 Å². The number of hydrogen-bond acceptors (Lipinski definition) is 4. The number of aromatic nitrogens is 2. The molecule has 1 aromatic rings. The van der Waals surface area contributed by atoms with Crippen molar-refractivity contribution in [1.82, 2.24) is 14.7 Å². The van der Waals surface area contributed by atoms with E-state index in [2.05, 4.69) is 5.10 Å². The van der Waals surface area contributed by atoms with Gasteiger partial charge in [-0.2, -0.15) is 5.10 Å². The van der Waals surface area contributed by atoms with E-state index in [9.17, 15) is 9.90 Å². The maximum atomic E-state index is 11.6. The second-order valence-corrected chi connectivity index (χ2v) is 4.45. The predicted molar refractivity (Wildman–Crippen MR) is 65.4 cm³/mol. The zero-order chi connectivity index (χ0) is 13.1. The molecule has 0 spiro atoms. The van der Waals surface area contributed by atoms with Crippen LogP contribution < -0.4 is 0 Å². The third-order valence-corrected chi connectivity index (χ3v) is 3.21. The zero-order valence-corrected chi connectivity index (χ0v) is 10.8. The van der Waals surface area contributed by atoms with E-state index in [4.69, 9.17) is 4.74 Å². The number of nitrogens with zero attached hydrogens (tertiary/aromatic N) is 3. The molecule has 1 unspecified atom stereocenters. The molecular weight excluding hydrogens is 234 g/mol. The van der Waals surface area contributed by atoms with E-state index in [1.807, 2.05) is 25.1 Å². The van der Waals surface area contributed by atoms with E-state index in [1.165, 1.54) is 0 Å². The van der Waals surface area contributed by atoms with Crippen LogP contribution >= 0.6 is 0 Å². The van der Waals surface area contributed by atoms with Gasteiger partial charge in [-0.3, -0.25) is 14.4 Å². The van der Waals surface area contributed by atoms with Gasteiger partial charge in [-0.25, -0.2) is 0 Å². The van der Waals surface area contributed by atoms with E-state index < -0.39 is 12.0 Å². The van der Waals surface area contributed by atoms with Gasteiger partial charge in [-0.1, -0.05) is 6.92 Å². The fraction of sp³-hybridized carbons (Fsp3) is 0.667. The zero-order valence-electron chi connectivity index (χ0n) is 10.8. The van der Waals surface area contributed by atoms with Crippen LogP contribution in [0, 0.1) is 0 Å². The predicted octanol–water partition coefficient (Wildman–Crippen LogP) is 0.440. The van der Waals surface area contributed by atoms with Crippen LogP contribution in [0.15, 0.2) is 6.20 Å². The van der Waals surface area contributed by atoms with Crippen LogP contribution in [0.25, 0.3) is 0 Å². The van der Waals surface area contributed by atoms with Crippen molar-refractivity contribution >= 4 is 5.97 Å². The number of carboxylic acids is 1. The van der Waals surface area contributed by atoms with E-state index in [-0.39, 0.29) is 0 Å². The van der Waals surface area contributed by atoms with Crippen LogP contribution in [0.2, 0.25) is 0 Å². The van der Waals surface area contributed by atoms with Gasteiger partial charge in [0.2, 0.25) is 0 Å². The SMILES string of the molecule is CCc1nn(C)cc1C(C(=O)O)N1CCOCC1. The first-order valence-electron chi connectivity index (χ1n) is 6.20. The average molecular weight is 253 g/mol. The van der Waals surface area contributed by atoms with Crippen molar-refractivity contribution in [1.29, 1.82) is 0 Å². The topological polar surface area (TPSA) is 67.6 Å². The van der Waals surface area contributed by atoms with Crippen LogP contribution in [-0.4, -0.2) is 52.1 Å². The molecule has 6 nitrogen and oxygen atoms in total. The van der Waals surface area contributed by atoms with E-state index in [0.29, 0.717) is 26.3 Å². The summed E-state index contributed by atoms with van der Waals surface area (Å²) in [6.45, 7) is 4.46. The molecule has 0 aromatic carbocycles. The van der Waals surface area contributed by atoms with Gasteiger partial charge in [0.15, 0.2) is 0 Å². The maximum Gasteiger partial charge on any atom is 0.325 e. The van der Waals surface area contributed by atoms with E-state index in [0.717, 1.165) is 17.7 Å². The largest absolute Gasteiger partial charge is 0.480 e. The lowest BCUT2D eigenvalue weighted by atomic mass is 10.0. The summed E-state index contributed by atoms with van der Waals surface area (Å²) in [7, 11) is 1.82. The van der Waals surface area contributed by atoms with Gasteiger partial charge in [0.1, 0.15) is 6.04 Å². The molecule has 1 aliphatic heterocycles. The van der Waals surface area contributed by atoms with E-state index >= 15 is 0 Å². The lowest BCUT2D eigenvalue weighted by Crippen LogP contribution is -2.42. The highest BCUT2D eigenvalue weighted by molar-refractivity contribution is 5.75. The first kappa shape index (κ1) is 13.0. The Morgan fingerprint density at radius 2 is 2.22 bits per heavy atom. The summed E-state index contributed by atoms with van der Waals surface area (Å²) in [6, 6.07) is -0.613. The number of aliphatic carboxylic acids is 1. The summed E-state index contributed by atoms with van der Waals surface area (Å²) < 4.78 is 6.96. The van der Waals surface area contributed by atoms with Gasteiger partial charge < -0.3 is 9.84 Å². The highest BCUT2D eigenvalue weighted by Crippen LogP contribution is 2.25. The van der Waals surface area contributed by atoms with Crippen molar-refractivity contribution in [3.05, 3.63) is 17.5 Å². The standard InChI is InChI=1S/C12H19N3O3/c1-3-10-9(8-14(2)13-10)11(12(16)17)15-4-6-18-7-5-15/h8,11H,3-7H2,1-2H3,(H,16,17). The van der Waals surface area contributed by atoms with Crippen molar-refractivity contribution in [3.8, 4) is 0 Å². The molecule has 0 bridgehead atoms. The molecule has 1 atom stereocenters. The third-order valence-electron chi connectivity index (χ3n) is 3.21. The number of aryl methyl sites for hydroxylation is 2. The fourth-order valence-corrected chi connectivity index (χ4v) is 2.38. The second-order valence-electron chi connectivity index (χ2n) is 4.45. The highest BCUT2D eigenvalue weighted by atomic mass is 16.5. The number of carbonyl (C=O) groups is 1. The lowest BCUT2D eigenvalue weighted by molar-refractivity contribution is -0.145. The van der Waals surface area contributed by atoms with Gasteiger partial charge in [0, 0.05) is 31.9 Å². The van der Waals surface area contributed by atoms with Crippen LogP contribution in [-0.2, 0) is 23.0 Å². The molecule has 0 aliphatic carbocycles. The summed E-state index contributed by atoms with van der Waals surface area (Å²) in [5.74, 6) is -0.820. The number of ether oxygens (including phenoxy) is 1. The van der Waals surface area contributed by atoms with Crippen molar-refractivity contribution in [2.45, 2.75) is 19.4 Å². The lowest BCUT2D eigenvalue weighted by Gasteiger charge is -2.31. The number of morpholine rings is 1. The smallest absolute Gasteiger partial charge is 0.325 e. The maximum absolute atomic E-state index is 11.6. The molecule has 1 aliphatic rings. The van der Waals surface area contributed by atoms with Crippen molar-refractivity contribution in [3.63, 3.8) is 0 Å². The molecule has 1 fully saturated rings. The molecule has 100 valence electrons. The normalized spacial score (nSPS) is 18.8. The second kappa shape index (κ2) is 5.49. The monoisotopic (exact) mass is 253 g/mol. The third kappa shape index (κ3) is 2.54. The van der Waals surface area contributed by atoms with Crippen molar-refractivity contribution < 1.29 is 14.6 Å². The Balaban J connectivity index is 2.31. The highest BCUT2D eigenvalue weighted by Gasteiger charge is 2.31. The molecule has 1 N–H and O–H groups in total. The van der Waals surface area contributed by atoms with Crippen LogP contribution in [0.3, 0.4) is 0 Å². The number of carboxylic acid groups (broad SMARTS) is 1. The molecule has 2 rings (SSSR count). The quantitative estimate of drug-likeness (QED) is 0.843. The summed E-state index contributed by atoms with van der Waals surface area (Å²) in [5, 5.41) is 13.8. The average Bonchev–Trinajstić information content (AvgIpc) is 2.71. The Labute approximate surface area is 106 Å². The van der Waals surface area contributed by atoms with E-state index in [1.54, 1.807) is 4.68 Å². The van der Waals surface area contributed by atoms with Crippen LogP contribution in [0.4, 0.5) is 0 Å². The summed E-state index contributed by atoms with van der Waals surface area (Å²) >= 11 is 0. The minimum absolute atomic E-state index is 0.589. The number of rotatable bonds is 4. The van der Waals surface area contributed by atoms with Crippen LogP contribution in [0.5, 0.6) is 0 Å². The van der Waals surface area contributed by atoms with Gasteiger partial charge in [0.25, 0.3) is 0 Å². The number of hydrogen-bond donors (Lipinski definition) is 1. The molecular formula is C12H19N3O3. The van der Waals surface area contributed by atoms with Crippen molar-refractivity contribution in [2.24, 2.45) is 7.05 Å².